The van der Waals surface area contributed by atoms with Crippen molar-refractivity contribution in [3.8, 4) is 0 Å². The van der Waals surface area contributed by atoms with Gasteiger partial charge in [-0.2, -0.15) is 0 Å². The zero-order valence-electron chi connectivity index (χ0n) is 11.5. The maximum absolute atomic E-state index is 12.2. The Morgan fingerprint density at radius 1 is 1.53 bits per heavy atom. The SMILES string of the molecule is C[C@@H](C(=O)NC1CCCC1)N(C)Cc1ccc(Br)s1. The number of nitrogens with zero attached hydrogens (tertiary/aromatic N) is 1. The van der Waals surface area contributed by atoms with Crippen LogP contribution in [0.2, 0.25) is 0 Å². The summed E-state index contributed by atoms with van der Waals surface area (Å²) in [5, 5.41) is 3.16. The van der Waals surface area contributed by atoms with E-state index in [9.17, 15) is 4.79 Å². The Balaban J connectivity index is 1.83. The molecular formula is C14H21BrN2OS. The van der Waals surface area contributed by atoms with E-state index < -0.39 is 0 Å². The van der Waals surface area contributed by atoms with Crippen LogP contribution in [0.25, 0.3) is 0 Å². The molecule has 2 rings (SSSR count). The first-order valence-corrected chi connectivity index (χ1v) is 8.42. The van der Waals surface area contributed by atoms with Crippen LogP contribution in [0.1, 0.15) is 37.5 Å². The Morgan fingerprint density at radius 2 is 2.21 bits per heavy atom. The number of nitrogens with one attached hydrogen (secondary N) is 1. The molecule has 5 heteroatoms. The highest BCUT2D eigenvalue weighted by atomic mass is 79.9. The van der Waals surface area contributed by atoms with Gasteiger partial charge in [0.25, 0.3) is 0 Å². The topological polar surface area (TPSA) is 32.3 Å². The van der Waals surface area contributed by atoms with Gasteiger partial charge >= 0.3 is 0 Å². The average Bonchev–Trinajstić information content (AvgIpc) is 3.00. The lowest BCUT2D eigenvalue weighted by Crippen LogP contribution is -2.45. The quantitative estimate of drug-likeness (QED) is 0.887. The van der Waals surface area contributed by atoms with Crippen molar-refractivity contribution in [3.63, 3.8) is 0 Å². The molecule has 1 aromatic rings. The predicted octanol–water partition coefficient (Wildman–Crippen LogP) is 3.39. The molecule has 1 heterocycles. The second-order valence-corrected chi connectivity index (χ2v) is 7.83. The van der Waals surface area contributed by atoms with Crippen LogP contribution in [-0.2, 0) is 11.3 Å². The van der Waals surface area contributed by atoms with Crippen LogP contribution in [0.3, 0.4) is 0 Å². The fourth-order valence-electron chi connectivity index (χ4n) is 2.41. The third kappa shape index (κ3) is 4.29. The van der Waals surface area contributed by atoms with Crippen LogP contribution in [0.4, 0.5) is 0 Å². The van der Waals surface area contributed by atoms with Gasteiger partial charge in [-0.1, -0.05) is 12.8 Å². The zero-order chi connectivity index (χ0) is 13.8. The van der Waals surface area contributed by atoms with Gasteiger partial charge < -0.3 is 5.32 Å². The number of carbonyl (C=O) groups is 1. The Hall–Kier alpha value is -0.390. The molecular weight excluding hydrogens is 324 g/mol. The lowest BCUT2D eigenvalue weighted by atomic mass is 10.2. The number of amides is 1. The zero-order valence-corrected chi connectivity index (χ0v) is 13.9. The van der Waals surface area contributed by atoms with Crippen molar-refractivity contribution in [3.05, 3.63) is 20.8 Å². The van der Waals surface area contributed by atoms with Crippen molar-refractivity contribution in [2.24, 2.45) is 0 Å². The normalized spacial score (nSPS) is 17.9. The summed E-state index contributed by atoms with van der Waals surface area (Å²) in [6.45, 7) is 2.79. The molecule has 1 atom stereocenters. The molecule has 0 aliphatic heterocycles. The van der Waals surface area contributed by atoms with Gasteiger partial charge in [-0.05, 0) is 54.9 Å². The van der Waals surface area contributed by atoms with Crippen LogP contribution in [0, 0.1) is 0 Å². The van der Waals surface area contributed by atoms with E-state index in [0.717, 1.165) is 23.2 Å². The molecule has 0 aromatic carbocycles. The number of hydrogen-bond donors (Lipinski definition) is 1. The Morgan fingerprint density at radius 3 is 2.79 bits per heavy atom. The molecule has 1 aliphatic rings. The van der Waals surface area contributed by atoms with E-state index in [1.807, 2.05) is 14.0 Å². The summed E-state index contributed by atoms with van der Waals surface area (Å²) >= 11 is 5.19. The lowest BCUT2D eigenvalue weighted by Gasteiger charge is -2.25. The molecule has 3 nitrogen and oxygen atoms in total. The molecule has 1 saturated carbocycles. The number of carbonyl (C=O) groups excluding carboxylic acids is 1. The van der Waals surface area contributed by atoms with Crippen molar-refractivity contribution < 1.29 is 4.79 Å². The summed E-state index contributed by atoms with van der Waals surface area (Å²) in [5.74, 6) is 0.157. The molecule has 1 aliphatic carbocycles. The number of hydrogen-bond acceptors (Lipinski definition) is 3. The highest BCUT2D eigenvalue weighted by Crippen LogP contribution is 2.23. The van der Waals surface area contributed by atoms with Crippen molar-refractivity contribution in [1.82, 2.24) is 10.2 Å². The fourth-order valence-corrected chi connectivity index (χ4v) is 3.96. The average molecular weight is 345 g/mol. The van der Waals surface area contributed by atoms with E-state index in [2.05, 4.69) is 38.3 Å². The first kappa shape index (κ1) is 15.0. The molecule has 0 saturated heterocycles. The molecule has 0 unspecified atom stereocenters. The second kappa shape index (κ2) is 6.86. The minimum Gasteiger partial charge on any atom is -0.352 e. The van der Waals surface area contributed by atoms with Crippen LogP contribution in [0.5, 0.6) is 0 Å². The number of rotatable bonds is 5. The van der Waals surface area contributed by atoms with Crippen LogP contribution >= 0.6 is 27.3 Å². The molecule has 1 N–H and O–H groups in total. The third-order valence-electron chi connectivity index (χ3n) is 3.78. The number of thiophene rings is 1. The summed E-state index contributed by atoms with van der Waals surface area (Å²) in [6.07, 6.45) is 4.77. The molecule has 106 valence electrons. The van der Waals surface area contributed by atoms with Gasteiger partial charge in [0.2, 0.25) is 5.91 Å². The molecule has 0 radical (unpaired) electrons. The Kier molecular flexibility index (Phi) is 5.42. The summed E-state index contributed by atoms with van der Waals surface area (Å²) in [4.78, 5) is 15.6. The first-order valence-electron chi connectivity index (χ1n) is 6.81. The maximum Gasteiger partial charge on any atom is 0.237 e. The molecule has 0 bridgehead atoms. The standard InChI is InChI=1S/C14H21BrN2OS/c1-10(14(18)16-11-5-3-4-6-11)17(2)9-12-7-8-13(15)19-12/h7-8,10-11H,3-6,9H2,1-2H3,(H,16,18)/t10-/m0/s1. The summed E-state index contributed by atoms with van der Waals surface area (Å²) in [5.41, 5.74) is 0. The minimum absolute atomic E-state index is 0.0820. The van der Waals surface area contributed by atoms with Gasteiger partial charge in [-0.15, -0.1) is 11.3 Å². The summed E-state index contributed by atoms with van der Waals surface area (Å²) in [7, 11) is 2.01. The van der Waals surface area contributed by atoms with Gasteiger partial charge in [0.15, 0.2) is 0 Å². The number of halogens is 1. The first-order chi connectivity index (χ1) is 9.06. The van der Waals surface area contributed by atoms with E-state index >= 15 is 0 Å². The monoisotopic (exact) mass is 344 g/mol. The van der Waals surface area contributed by atoms with E-state index in [4.69, 9.17) is 0 Å². The van der Waals surface area contributed by atoms with E-state index in [1.165, 1.54) is 17.7 Å². The largest absolute Gasteiger partial charge is 0.352 e. The van der Waals surface area contributed by atoms with Crippen molar-refractivity contribution in [2.75, 3.05) is 7.05 Å². The van der Waals surface area contributed by atoms with Gasteiger partial charge in [-0.3, -0.25) is 9.69 Å². The lowest BCUT2D eigenvalue weighted by molar-refractivity contribution is -0.126. The molecule has 1 fully saturated rings. The molecule has 0 spiro atoms. The smallest absolute Gasteiger partial charge is 0.237 e. The van der Waals surface area contributed by atoms with E-state index in [1.54, 1.807) is 11.3 Å². The van der Waals surface area contributed by atoms with Gasteiger partial charge in [0, 0.05) is 17.5 Å². The van der Waals surface area contributed by atoms with Crippen molar-refractivity contribution in [2.45, 2.75) is 51.2 Å². The van der Waals surface area contributed by atoms with Gasteiger partial charge in [-0.25, -0.2) is 0 Å². The summed E-state index contributed by atoms with van der Waals surface area (Å²) < 4.78 is 1.14. The van der Waals surface area contributed by atoms with Crippen LogP contribution in [-0.4, -0.2) is 29.9 Å². The number of likely N-dealkylation sites (N-methyl/N-ethyl adjacent to an activating group) is 1. The van der Waals surface area contributed by atoms with Crippen LogP contribution < -0.4 is 5.32 Å². The van der Waals surface area contributed by atoms with Crippen molar-refractivity contribution in [1.29, 1.82) is 0 Å². The minimum atomic E-state index is -0.0820. The maximum atomic E-state index is 12.2. The highest BCUT2D eigenvalue weighted by Gasteiger charge is 2.23. The highest BCUT2D eigenvalue weighted by molar-refractivity contribution is 9.11. The fraction of sp³-hybridized carbons (Fsp3) is 0.643. The Labute approximate surface area is 127 Å². The molecule has 1 amide bonds. The Bertz CT molecular complexity index is 429. The van der Waals surface area contributed by atoms with E-state index in [-0.39, 0.29) is 11.9 Å². The second-order valence-electron chi connectivity index (χ2n) is 5.29. The van der Waals surface area contributed by atoms with Gasteiger partial charge in [0.05, 0.1) is 9.83 Å². The van der Waals surface area contributed by atoms with Gasteiger partial charge in [0.1, 0.15) is 0 Å². The predicted molar refractivity (Wildman–Crippen MR) is 83.3 cm³/mol. The third-order valence-corrected chi connectivity index (χ3v) is 5.38. The molecule has 1 aromatic heterocycles. The van der Waals surface area contributed by atoms with Crippen LogP contribution in [0.15, 0.2) is 15.9 Å². The van der Waals surface area contributed by atoms with E-state index in [0.29, 0.717) is 6.04 Å². The molecule has 19 heavy (non-hydrogen) atoms. The van der Waals surface area contributed by atoms with Crippen molar-refractivity contribution >= 4 is 33.2 Å². The summed E-state index contributed by atoms with van der Waals surface area (Å²) in [6, 6.07) is 4.48.